The summed E-state index contributed by atoms with van der Waals surface area (Å²) >= 11 is 0. The Hall–Kier alpha value is -2.79. The minimum Gasteiger partial charge on any atom is -0.490 e. The van der Waals surface area contributed by atoms with Crippen LogP contribution in [0.15, 0.2) is 61.1 Å². The van der Waals surface area contributed by atoms with Crippen molar-refractivity contribution in [2.45, 2.75) is 63.3 Å². The Morgan fingerprint density at radius 2 is 1.90 bits per heavy atom. The molecule has 1 aromatic heterocycles. The van der Waals surface area contributed by atoms with Crippen LogP contribution in [0, 0.1) is 0 Å². The standard InChI is InChI=1S/C26H31N3O2/c1-29-18-27-16-22(29)17-28-21-8-10-23(11-9-21)30-24-12-14-26-20(15-24)7-13-25(31-26)19-5-3-2-4-6-19/h2-6,12,14-16,18,21,23,25,28H,7-11,13,17H2,1H3. The number of aryl methyl sites for hydroxylation is 2. The van der Waals surface area contributed by atoms with E-state index in [-0.39, 0.29) is 6.10 Å². The molecule has 5 nitrogen and oxygen atoms in total. The summed E-state index contributed by atoms with van der Waals surface area (Å²) in [5.41, 5.74) is 3.74. The number of nitrogens with one attached hydrogen (secondary N) is 1. The fourth-order valence-corrected chi connectivity index (χ4v) is 4.72. The van der Waals surface area contributed by atoms with Gasteiger partial charge in [-0.15, -0.1) is 0 Å². The van der Waals surface area contributed by atoms with Crippen molar-refractivity contribution in [2.75, 3.05) is 0 Å². The lowest BCUT2D eigenvalue weighted by molar-refractivity contribution is 0.138. The molecular weight excluding hydrogens is 386 g/mol. The smallest absolute Gasteiger partial charge is 0.124 e. The molecular formula is C26H31N3O2. The fraction of sp³-hybridized carbons (Fsp3) is 0.423. The molecule has 0 amide bonds. The first-order chi connectivity index (χ1) is 15.2. The third-order valence-corrected chi connectivity index (χ3v) is 6.61. The van der Waals surface area contributed by atoms with Crippen LogP contribution < -0.4 is 14.8 Å². The minimum absolute atomic E-state index is 0.148. The van der Waals surface area contributed by atoms with Gasteiger partial charge in [-0.25, -0.2) is 4.98 Å². The Morgan fingerprint density at radius 3 is 2.68 bits per heavy atom. The molecule has 5 rings (SSSR count). The first kappa shape index (κ1) is 20.1. The molecule has 31 heavy (non-hydrogen) atoms. The van der Waals surface area contributed by atoms with Gasteiger partial charge in [0.25, 0.3) is 0 Å². The van der Waals surface area contributed by atoms with E-state index in [0.29, 0.717) is 12.1 Å². The molecule has 2 aromatic carbocycles. The molecule has 162 valence electrons. The molecule has 1 atom stereocenters. The number of hydrogen-bond donors (Lipinski definition) is 1. The number of imidazole rings is 1. The van der Waals surface area contributed by atoms with E-state index in [2.05, 4.69) is 57.3 Å². The predicted molar refractivity (Wildman–Crippen MR) is 121 cm³/mol. The van der Waals surface area contributed by atoms with Crippen LogP contribution in [0.4, 0.5) is 0 Å². The number of nitrogens with zero attached hydrogens (tertiary/aromatic N) is 2. The third kappa shape index (κ3) is 4.77. The zero-order valence-corrected chi connectivity index (χ0v) is 18.2. The zero-order valence-electron chi connectivity index (χ0n) is 18.2. The molecule has 1 saturated carbocycles. The average Bonchev–Trinajstić information content (AvgIpc) is 3.23. The molecule has 2 aliphatic rings. The largest absolute Gasteiger partial charge is 0.490 e. The summed E-state index contributed by atoms with van der Waals surface area (Å²) in [5, 5.41) is 3.67. The van der Waals surface area contributed by atoms with Crippen molar-refractivity contribution < 1.29 is 9.47 Å². The Kier molecular flexibility index (Phi) is 5.94. The van der Waals surface area contributed by atoms with Crippen LogP contribution >= 0.6 is 0 Å². The number of aromatic nitrogens is 2. The van der Waals surface area contributed by atoms with Gasteiger partial charge in [0.05, 0.1) is 18.1 Å². The van der Waals surface area contributed by atoms with Crippen LogP contribution in [0.5, 0.6) is 11.5 Å². The molecule has 1 N–H and O–H groups in total. The molecule has 0 spiro atoms. The molecule has 5 heteroatoms. The van der Waals surface area contributed by atoms with E-state index < -0.39 is 0 Å². The quantitative estimate of drug-likeness (QED) is 0.615. The van der Waals surface area contributed by atoms with Gasteiger partial charge in [-0.3, -0.25) is 0 Å². The monoisotopic (exact) mass is 417 g/mol. The Balaban J connectivity index is 1.12. The lowest BCUT2D eigenvalue weighted by atomic mass is 9.92. The molecule has 1 aliphatic heterocycles. The topological polar surface area (TPSA) is 48.3 Å². The highest BCUT2D eigenvalue weighted by molar-refractivity contribution is 5.42. The van der Waals surface area contributed by atoms with Gasteiger partial charge in [-0.1, -0.05) is 30.3 Å². The van der Waals surface area contributed by atoms with Crippen molar-refractivity contribution in [1.29, 1.82) is 0 Å². The highest BCUT2D eigenvalue weighted by Gasteiger charge is 2.24. The number of hydrogen-bond acceptors (Lipinski definition) is 4. The summed E-state index contributed by atoms with van der Waals surface area (Å²) in [6.07, 6.45) is 10.7. The molecule has 3 aromatic rings. The Labute approximate surface area is 184 Å². The second kappa shape index (κ2) is 9.15. The van der Waals surface area contributed by atoms with Crippen molar-refractivity contribution in [3.63, 3.8) is 0 Å². The van der Waals surface area contributed by atoms with Gasteiger partial charge in [0, 0.05) is 25.8 Å². The molecule has 0 bridgehead atoms. The second-order valence-electron chi connectivity index (χ2n) is 8.79. The van der Waals surface area contributed by atoms with Crippen molar-refractivity contribution in [3.8, 4) is 11.5 Å². The summed E-state index contributed by atoms with van der Waals surface area (Å²) in [6.45, 7) is 0.876. The van der Waals surface area contributed by atoms with Crippen molar-refractivity contribution in [2.24, 2.45) is 7.05 Å². The molecule has 2 heterocycles. The molecule has 1 aliphatic carbocycles. The predicted octanol–water partition coefficient (Wildman–Crippen LogP) is 4.97. The number of fused-ring (bicyclic) bond motifs is 1. The van der Waals surface area contributed by atoms with Gasteiger partial charge < -0.3 is 19.4 Å². The number of ether oxygens (including phenoxy) is 2. The third-order valence-electron chi connectivity index (χ3n) is 6.61. The minimum atomic E-state index is 0.148. The van der Waals surface area contributed by atoms with Gasteiger partial charge >= 0.3 is 0 Å². The van der Waals surface area contributed by atoms with Crippen LogP contribution in [0.1, 0.15) is 55.0 Å². The van der Waals surface area contributed by atoms with Gasteiger partial charge in [-0.2, -0.15) is 0 Å². The SMILES string of the molecule is Cn1cncc1CNC1CCC(Oc2ccc3c(c2)CCC(c2ccccc2)O3)CC1. The lowest BCUT2D eigenvalue weighted by Gasteiger charge is -2.30. The van der Waals surface area contributed by atoms with Crippen LogP contribution in [0.25, 0.3) is 0 Å². The van der Waals surface area contributed by atoms with Crippen molar-refractivity contribution in [3.05, 3.63) is 77.9 Å². The lowest BCUT2D eigenvalue weighted by Crippen LogP contribution is -2.36. The summed E-state index contributed by atoms with van der Waals surface area (Å²) in [7, 11) is 2.04. The van der Waals surface area contributed by atoms with Crippen molar-refractivity contribution in [1.82, 2.24) is 14.9 Å². The summed E-state index contributed by atoms with van der Waals surface area (Å²) in [4.78, 5) is 4.19. The van der Waals surface area contributed by atoms with Gasteiger partial charge in [0.15, 0.2) is 0 Å². The first-order valence-corrected chi connectivity index (χ1v) is 11.4. The van der Waals surface area contributed by atoms with Gasteiger partial charge in [0.1, 0.15) is 17.6 Å². The normalized spacial score (nSPS) is 23.1. The maximum Gasteiger partial charge on any atom is 0.124 e. The van der Waals surface area contributed by atoms with E-state index in [4.69, 9.17) is 9.47 Å². The maximum atomic E-state index is 6.35. The van der Waals surface area contributed by atoms with E-state index in [1.54, 1.807) is 0 Å². The van der Waals surface area contributed by atoms with E-state index in [0.717, 1.165) is 56.6 Å². The second-order valence-corrected chi connectivity index (χ2v) is 8.79. The van der Waals surface area contributed by atoms with Crippen LogP contribution in [-0.2, 0) is 20.0 Å². The molecule has 0 radical (unpaired) electrons. The summed E-state index contributed by atoms with van der Waals surface area (Å²) in [5.74, 6) is 1.97. The first-order valence-electron chi connectivity index (χ1n) is 11.4. The van der Waals surface area contributed by atoms with Crippen LogP contribution in [-0.4, -0.2) is 21.7 Å². The van der Waals surface area contributed by atoms with E-state index in [1.165, 1.54) is 16.8 Å². The summed E-state index contributed by atoms with van der Waals surface area (Å²) in [6, 6.07) is 17.4. The number of rotatable bonds is 6. The van der Waals surface area contributed by atoms with E-state index in [9.17, 15) is 0 Å². The van der Waals surface area contributed by atoms with Crippen LogP contribution in [0.2, 0.25) is 0 Å². The van der Waals surface area contributed by atoms with E-state index >= 15 is 0 Å². The van der Waals surface area contributed by atoms with Gasteiger partial charge in [0.2, 0.25) is 0 Å². The maximum absolute atomic E-state index is 6.35. The average molecular weight is 418 g/mol. The van der Waals surface area contributed by atoms with Crippen molar-refractivity contribution >= 4 is 0 Å². The summed E-state index contributed by atoms with van der Waals surface area (Å²) < 4.78 is 14.7. The Bertz CT molecular complexity index is 993. The highest BCUT2D eigenvalue weighted by atomic mass is 16.5. The Morgan fingerprint density at radius 1 is 1.06 bits per heavy atom. The van der Waals surface area contributed by atoms with E-state index in [1.807, 2.05) is 25.6 Å². The highest BCUT2D eigenvalue weighted by Crippen LogP contribution is 2.37. The van der Waals surface area contributed by atoms with Crippen LogP contribution in [0.3, 0.4) is 0 Å². The molecule has 1 fully saturated rings. The van der Waals surface area contributed by atoms with Gasteiger partial charge in [-0.05, 0) is 67.9 Å². The fourth-order valence-electron chi connectivity index (χ4n) is 4.72. The molecule has 0 saturated heterocycles. The molecule has 1 unspecified atom stereocenters. The number of benzene rings is 2. The zero-order chi connectivity index (χ0) is 21.0.